The fraction of sp³-hybridized carbons (Fsp3) is 0.444. The minimum atomic E-state index is -0.317. The average molecular weight is 344 g/mol. The molecule has 1 aromatic carbocycles. The van der Waals surface area contributed by atoms with Gasteiger partial charge in [-0.15, -0.1) is 11.3 Å². The van der Waals surface area contributed by atoms with Crippen LogP contribution in [-0.4, -0.2) is 41.8 Å². The van der Waals surface area contributed by atoms with Crippen LogP contribution in [0.5, 0.6) is 0 Å². The van der Waals surface area contributed by atoms with E-state index in [-0.39, 0.29) is 18.1 Å². The predicted octanol–water partition coefficient (Wildman–Crippen LogP) is 2.65. The number of amides is 1. The first kappa shape index (κ1) is 15.7. The van der Waals surface area contributed by atoms with Crippen molar-refractivity contribution in [3.05, 3.63) is 52.5 Å². The normalized spacial score (nSPS) is 23.3. The minimum Gasteiger partial charge on any atom is -0.348 e. The number of thiazole rings is 1. The third kappa shape index (κ3) is 3.50. The van der Waals surface area contributed by atoms with Crippen LogP contribution in [-0.2, 0) is 20.8 Å². The van der Waals surface area contributed by atoms with E-state index >= 15 is 0 Å². The molecule has 4 rings (SSSR count). The van der Waals surface area contributed by atoms with Crippen LogP contribution in [0.25, 0.3) is 0 Å². The van der Waals surface area contributed by atoms with Crippen molar-refractivity contribution in [2.45, 2.75) is 25.2 Å². The van der Waals surface area contributed by atoms with Gasteiger partial charge in [-0.05, 0) is 17.9 Å². The summed E-state index contributed by atoms with van der Waals surface area (Å²) >= 11 is 1.57. The van der Waals surface area contributed by atoms with E-state index in [4.69, 9.17) is 9.47 Å². The first-order chi connectivity index (χ1) is 11.8. The zero-order valence-electron chi connectivity index (χ0n) is 13.3. The maximum absolute atomic E-state index is 13.0. The lowest BCUT2D eigenvalue weighted by atomic mass is 10.1. The van der Waals surface area contributed by atoms with Crippen LogP contribution in [0.3, 0.4) is 0 Å². The molecule has 24 heavy (non-hydrogen) atoms. The summed E-state index contributed by atoms with van der Waals surface area (Å²) in [6.45, 7) is 2.19. The third-order valence-corrected chi connectivity index (χ3v) is 5.28. The molecule has 0 bridgehead atoms. The first-order valence-electron chi connectivity index (χ1n) is 8.26. The number of rotatable bonds is 6. The largest absolute Gasteiger partial charge is 0.348 e. The van der Waals surface area contributed by atoms with Gasteiger partial charge >= 0.3 is 0 Å². The van der Waals surface area contributed by atoms with Gasteiger partial charge in [-0.3, -0.25) is 4.79 Å². The summed E-state index contributed by atoms with van der Waals surface area (Å²) in [4.78, 5) is 19.2. The Labute approximate surface area is 145 Å². The van der Waals surface area contributed by atoms with Crippen molar-refractivity contribution in [3.8, 4) is 0 Å². The van der Waals surface area contributed by atoms with Crippen LogP contribution >= 0.6 is 11.3 Å². The Hall–Kier alpha value is -1.76. The SMILES string of the molecule is O=C([C@@H]1C[C@H]1c1ccccc1)N(Cc1nccs1)CC1OCCO1. The van der Waals surface area contributed by atoms with Crippen molar-refractivity contribution in [1.29, 1.82) is 0 Å². The molecule has 2 fully saturated rings. The van der Waals surface area contributed by atoms with E-state index in [2.05, 4.69) is 17.1 Å². The van der Waals surface area contributed by atoms with Gasteiger partial charge in [0.2, 0.25) is 5.91 Å². The van der Waals surface area contributed by atoms with Crippen molar-refractivity contribution in [2.24, 2.45) is 5.92 Å². The summed E-state index contributed by atoms with van der Waals surface area (Å²) in [7, 11) is 0. The number of carbonyl (C=O) groups excluding carboxylic acids is 1. The molecule has 2 atom stereocenters. The van der Waals surface area contributed by atoms with Crippen LogP contribution in [0, 0.1) is 5.92 Å². The van der Waals surface area contributed by atoms with Crippen LogP contribution in [0.4, 0.5) is 0 Å². The quantitative estimate of drug-likeness (QED) is 0.808. The molecule has 1 aliphatic carbocycles. The Kier molecular flexibility index (Phi) is 4.60. The van der Waals surface area contributed by atoms with Gasteiger partial charge in [-0.2, -0.15) is 0 Å². The van der Waals surface area contributed by atoms with E-state index in [9.17, 15) is 4.79 Å². The van der Waals surface area contributed by atoms with Crippen molar-refractivity contribution in [1.82, 2.24) is 9.88 Å². The maximum Gasteiger partial charge on any atom is 0.226 e. The number of carbonyl (C=O) groups is 1. The van der Waals surface area contributed by atoms with Crippen molar-refractivity contribution >= 4 is 17.2 Å². The van der Waals surface area contributed by atoms with E-state index in [1.165, 1.54) is 5.56 Å². The number of hydrogen-bond donors (Lipinski definition) is 0. The standard InChI is InChI=1S/C18H20N2O3S/c21-18(15-10-14(15)13-4-2-1-3-5-13)20(11-16-19-6-9-24-16)12-17-22-7-8-23-17/h1-6,9,14-15,17H,7-8,10-12H2/t14-,15+/m0/s1. The fourth-order valence-electron chi connectivity index (χ4n) is 3.19. The molecule has 2 aromatic rings. The molecule has 1 saturated carbocycles. The average Bonchev–Trinajstić information content (AvgIpc) is 2.98. The zero-order valence-corrected chi connectivity index (χ0v) is 14.2. The van der Waals surface area contributed by atoms with Crippen LogP contribution < -0.4 is 0 Å². The van der Waals surface area contributed by atoms with Gasteiger partial charge in [0.05, 0.1) is 26.3 Å². The van der Waals surface area contributed by atoms with Gasteiger partial charge in [-0.1, -0.05) is 30.3 Å². The summed E-state index contributed by atoms with van der Waals surface area (Å²) in [5.74, 6) is 0.579. The molecular formula is C18H20N2O3S. The highest BCUT2D eigenvalue weighted by atomic mass is 32.1. The molecule has 1 aromatic heterocycles. The number of ether oxygens (including phenoxy) is 2. The van der Waals surface area contributed by atoms with Gasteiger partial charge in [0, 0.05) is 17.5 Å². The second-order valence-corrected chi connectivity index (χ2v) is 7.15. The summed E-state index contributed by atoms with van der Waals surface area (Å²) in [6.07, 6.45) is 2.38. The second kappa shape index (κ2) is 7.01. The molecule has 126 valence electrons. The van der Waals surface area contributed by atoms with Crippen molar-refractivity contribution < 1.29 is 14.3 Å². The molecule has 6 heteroatoms. The fourth-order valence-corrected chi connectivity index (χ4v) is 3.82. The van der Waals surface area contributed by atoms with Crippen LogP contribution in [0.15, 0.2) is 41.9 Å². The Morgan fingerprint density at radius 1 is 1.25 bits per heavy atom. The molecule has 2 heterocycles. The Morgan fingerprint density at radius 2 is 2.04 bits per heavy atom. The van der Waals surface area contributed by atoms with E-state index in [1.54, 1.807) is 17.5 Å². The molecule has 1 saturated heterocycles. The zero-order chi connectivity index (χ0) is 16.4. The lowest BCUT2D eigenvalue weighted by Crippen LogP contribution is -2.38. The van der Waals surface area contributed by atoms with Crippen molar-refractivity contribution in [3.63, 3.8) is 0 Å². The second-order valence-electron chi connectivity index (χ2n) is 6.18. The maximum atomic E-state index is 13.0. The van der Waals surface area contributed by atoms with Crippen LogP contribution in [0.2, 0.25) is 0 Å². The summed E-state index contributed by atoms with van der Waals surface area (Å²) in [5.41, 5.74) is 1.25. The van der Waals surface area contributed by atoms with E-state index in [1.807, 2.05) is 28.5 Å². The monoisotopic (exact) mass is 344 g/mol. The lowest BCUT2D eigenvalue weighted by molar-refractivity contribution is -0.139. The number of benzene rings is 1. The van der Waals surface area contributed by atoms with E-state index < -0.39 is 0 Å². The first-order valence-corrected chi connectivity index (χ1v) is 9.14. The molecular weight excluding hydrogens is 324 g/mol. The van der Waals surface area contributed by atoms with E-state index in [0.717, 1.165) is 11.4 Å². The number of nitrogens with zero attached hydrogens (tertiary/aromatic N) is 2. The molecule has 1 amide bonds. The molecule has 1 aliphatic heterocycles. The van der Waals surface area contributed by atoms with Crippen molar-refractivity contribution in [2.75, 3.05) is 19.8 Å². The summed E-state index contributed by atoms with van der Waals surface area (Å²) < 4.78 is 11.1. The molecule has 0 spiro atoms. The van der Waals surface area contributed by atoms with Gasteiger partial charge in [-0.25, -0.2) is 4.98 Å². The third-order valence-electron chi connectivity index (χ3n) is 4.52. The molecule has 5 nitrogen and oxygen atoms in total. The minimum absolute atomic E-state index is 0.0637. The molecule has 0 N–H and O–H groups in total. The molecule has 0 unspecified atom stereocenters. The lowest BCUT2D eigenvalue weighted by Gasteiger charge is -2.24. The summed E-state index contributed by atoms with van der Waals surface area (Å²) in [5, 5.41) is 2.88. The highest BCUT2D eigenvalue weighted by Gasteiger charge is 2.46. The highest BCUT2D eigenvalue weighted by molar-refractivity contribution is 7.09. The highest BCUT2D eigenvalue weighted by Crippen LogP contribution is 2.48. The van der Waals surface area contributed by atoms with Gasteiger partial charge < -0.3 is 14.4 Å². The van der Waals surface area contributed by atoms with Gasteiger partial charge in [0.15, 0.2) is 6.29 Å². The molecule has 2 aliphatic rings. The van der Waals surface area contributed by atoms with Gasteiger partial charge in [0.1, 0.15) is 5.01 Å². The Balaban J connectivity index is 1.44. The van der Waals surface area contributed by atoms with Crippen LogP contribution in [0.1, 0.15) is 22.9 Å². The Morgan fingerprint density at radius 3 is 2.75 bits per heavy atom. The molecule has 0 radical (unpaired) electrons. The smallest absolute Gasteiger partial charge is 0.226 e. The van der Waals surface area contributed by atoms with E-state index in [0.29, 0.717) is 32.2 Å². The van der Waals surface area contributed by atoms with Gasteiger partial charge in [0.25, 0.3) is 0 Å². The predicted molar refractivity (Wildman–Crippen MR) is 90.5 cm³/mol. The topological polar surface area (TPSA) is 51.7 Å². The Bertz CT molecular complexity index is 671. The summed E-state index contributed by atoms with van der Waals surface area (Å²) in [6, 6.07) is 10.3. The number of hydrogen-bond acceptors (Lipinski definition) is 5. The number of aromatic nitrogens is 1.